The number of carboxylic acid groups (broad SMARTS) is 1. The molecule has 1 amide bonds. The standard InChI is InChI=1S/C35H36ClNO5/c1-3-4-32(26-5-7-28(8-6-26)35(40)37-22-21-34(38)39)33(27-9-15-29(36)16-10-27)23-42-31-19-13-25(14-20-31)24-11-17-30(41-2)18-12-24/h5-20,32-33H,3-4,21-23H2,1-2H3,(H,37,40)(H,38,39). The molecular formula is C35H36ClNO5. The van der Waals surface area contributed by atoms with Gasteiger partial charge in [-0.05, 0) is 83.1 Å². The normalized spacial score (nSPS) is 12.3. The van der Waals surface area contributed by atoms with Crippen molar-refractivity contribution in [3.63, 3.8) is 0 Å². The van der Waals surface area contributed by atoms with Gasteiger partial charge in [0.25, 0.3) is 5.91 Å². The molecule has 0 saturated carbocycles. The molecule has 6 nitrogen and oxygen atoms in total. The third-order valence-electron chi connectivity index (χ3n) is 7.32. The van der Waals surface area contributed by atoms with Crippen LogP contribution in [0.4, 0.5) is 0 Å². The summed E-state index contributed by atoms with van der Waals surface area (Å²) in [5.41, 5.74) is 4.93. The van der Waals surface area contributed by atoms with Gasteiger partial charge in [-0.15, -0.1) is 0 Å². The first-order valence-corrected chi connectivity index (χ1v) is 14.5. The molecule has 4 aromatic carbocycles. The summed E-state index contributed by atoms with van der Waals surface area (Å²) in [6, 6.07) is 31.5. The van der Waals surface area contributed by atoms with Gasteiger partial charge < -0.3 is 19.9 Å². The number of hydrogen-bond acceptors (Lipinski definition) is 4. The molecule has 0 radical (unpaired) electrons. The number of halogens is 1. The highest BCUT2D eigenvalue weighted by Crippen LogP contribution is 2.38. The van der Waals surface area contributed by atoms with Gasteiger partial charge in [-0.25, -0.2) is 0 Å². The molecule has 0 saturated heterocycles. The minimum Gasteiger partial charge on any atom is -0.497 e. The van der Waals surface area contributed by atoms with Crippen LogP contribution in [0.25, 0.3) is 11.1 Å². The third kappa shape index (κ3) is 8.37. The number of ether oxygens (including phenoxy) is 2. The second-order valence-corrected chi connectivity index (χ2v) is 10.6. The van der Waals surface area contributed by atoms with Gasteiger partial charge in [0.1, 0.15) is 11.5 Å². The van der Waals surface area contributed by atoms with Gasteiger partial charge >= 0.3 is 5.97 Å². The summed E-state index contributed by atoms with van der Waals surface area (Å²) >= 11 is 6.22. The number of rotatable bonds is 14. The Morgan fingerprint density at radius 1 is 0.786 bits per heavy atom. The Morgan fingerprint density at radius 3 is 1.88 bits per heavy atom. The van der Waals surface area contributed by atoms with Gasteiger partial charge in [-0.3, -0.25) is 9.59 Å². The van der Waals surface area contributed by atoms with Crippen LogP contribution in [-0.4, -0.2) is 37.2 Å². The van der Waals surface area contributed by atoms with Crippen molar-refractivity contribution in [1.82, 2.24) is 5.32 Å². The van der Waals surface area contributed by atoms with Crippen LogP contribution in [0, 0.1) is 0 Å². The summed E-state index contributed by atoms with van der Waals surface area (Å²) in [5.74, 6) is 0.553. The topological polar surface area (TPSA) is 84.9 Å². The first-order valence-electron chi connectivity index (χ1n) is 14.1. The summed E-state index contributed by atoms with van der Waals surface area (Å²) in [6.45, 7) is 2.71. The maximum atomic E-state index is 12.5. The SMILES string of the molecule is CCCC(c1ccc(C(=O)NCCC(=O)O)cc1)C(COc1ccc(-c2ccc(OC)cc2)cc1)c1ccc(Cl)cc1. The minimum absolute atomic E-state index is 0.0405. The van der Waals surface area contributed by atoms with Crippen molar-refractivity contribution in [2.75, 3.05) is 20.3 Å². The lowest BCUT2D eigenvalue weighted by atomic mass is 9.79. The highest BCUT2D eigenvalue weighted by atomic mass is 35.5. The fourth-order valence-electron chi connectivity index (χ4n) is 5.05. The number of carbonyl (C=O) groups excluding carboxylic acids is 1. The molecule has 0 fully saturated rings. The predicted octanol–water partition coefficient (Wildman–Crippen LogP) is 7.97. The molecule has 0 aromatic heterocycles. The number of benzene rings is 4. The summed E-state index contributed by atoms with van der Waals surface area (Å²) in [5, 5.41) is 12.2. The van der Waals surface area contributed by atoms with Crippen molar-refractivity contribution in [1.29, 1.82) is 0 Å². The molecule has 0 spiro atoms. The maximum Gasteiger partial charge on any atom is 0.305 e. The average molecular weight is 586 g/mol. The van der Waals surface area contributed by atoms with Gasteiger partial charge in [0.15, 0.2) is 0 Å². The molecular weight excluding hydrogens is 550 g/mol. The first-order chi connectivity index (χ1) is 20.4. The Balaban J connectivity index is 1.53. The quantitative estimate of drug-likeness (QED) is 0.157. The molecule has 0 heterocycles. The molecule has 0 aliphatic heterocycles. The second kappa shape index (κ2) is 15.1. The number of nitrogens with one attached hydrogen (secondary N) is 1. The molecule has 4 rings (SSSR count). The van der Waals surface area contributed by atoms with Gasteiger partial charge in [0.05, 0.1) is 20.1 Å². The number of carbonyl (C=O) groups is 2. The molecule has 218 valence electrons. The van der Waals surface area contributed by atoms with E-state index in [-0.39, 0.29) is 30.7 Å². The van der Waals surface area contributed by atoms with Crippen molar-refractivity contribution in [2.24, 2.45) is 0 Å². The van der Waals surface area contributed by atoms with Crippen molar-refractivity contribution in [3.05, 3.63) is 119 Å². The van der Waals surface area contributed by atoms with Crippen LogP contribution >= 0.6 is 11.6 Å². The van der Waals surface area contributed by atoms with Crippen LogP contribution < -0.4 is 14.8 Å². The van der Waals surface area contributed by atoms with Crippen molar-refractivity contribution in [3.8, 4) is 22.6 Å². The van der Waals surface area contributed by atoms with Crippen LogP contribution in [0.3, 0.4) is 0 Å². The molecule has 0 bridgehead atoms. The highest BCUT2D eigenvalue weighted by molar-refractivity contribution is 6.30. The zero-order valence-corrected chi connectivity index (χ0v) is 24.6. The summed E-state index contributed by atoms with van der Waals surface area (Å²) in [4.78, 5) is 23.2. The van der Waals surface area contributed by atoms with Gasteiger partial charge in [-0.2, -0.15) is 0 Å². The monoisotopic (exact) mass is 585 g/mol. The Labute approximate surface area is 252 Å². The first kappa shape index (κ1) is 30.7. The van der Waals surface area contributed by atoms with Gasteiger partial charge in [-0.1, -0.05) is 73.5 Å². The third-order valence-corrected chi connectivity index (χ3v) is 7.57. The van der Waals surface area contributed by atoms with E-state index in [2.05, 4.69) is 36.5 Å². The number of carboxylic acids is 1. The van der Waals surface area contributed by atoms with Crippen LogP contribution in [0.5, 0.6) is 11.5 Å². The predicted molar refractivity (Wildman–Crippen MR) is 167 cm³/mol. The molecule has 2 atom stereocenters. The zero-order chi connectivity index (χ0) is 29.9. The Kier molecular flexibility index (Phi) is 11.0. The number of hydrogen-bond donors (Lipinski definition) is 2. The summed E-state index contributed by atoms with van der Waals surface area (Å²) in [6.07, 6.45) is 1.79. The molecule has 2 unspecified atom stereocenters. The van der Waals surface area contributed by atoms with Crippen LogP contribution in [0.15, 0.2) is 97.1 Å². The van der Waals surface area contributed by atoms with E-state index in [4.69, 9.17) is 26.2 Å². The smallest absolute Gasteiger partial charge is 0.305 e. The van der Waals surface area contributed by atoms with E-state index in [1.165, 1.54) is 0 Å². The van der Waals surface area contributed by atoms with E-state index in [0.29, 0.717) is 17.2 Å². The molecule has 0 aliphatic rings. The lowest BCUT2D eigenvalue weighted by Gasteiger charge is -2.28. The van der Waals surface area contributed by atoms with Crippen LogP contribution in [0.2, 0.25) is 5.02 Å². The molecule has 0 aliphatic carbocycles. The zero-order valence-electron chi connectivity index (χ0n) is 23.9. The fraction of sp³-hybridized carbons (Fsp3) is 0.257. The van der Waals surface area contributed by atoms with Crippen LogP contribution in [0.1, 0.15) is 59.5 Å². The lowest BCUT2D eigenvalue weighted by molar-refractivity contribution is -0.136. The van der Waals surface area contributed by atoms with Crippen LogP contribution in [-0.2, 0) is 4.79 Å². The molecule has 42 heavy (non-hydrogen) atoms. The largest absolute Gasteiger partial charge is 0.497 e. The average Bonchev–Trinajstić information content (AvgIpc) is 3.01. The van der Waals surface area contributed by atoms with E-state index >= 15 is 0 Å². The van der Waals surface area contributed by atoms with Crippen molar-refractivity contribution >= 4 is 23.5 Å². The van der Waals surface area contributed by atoms with Crippen molar-refractivity contribution in [2.45, 2.75) is 38.0 Å². The van der Waals surface area contributed by atoms with Gasteiger partial charge in [0.2, 0.25) is 0 Å². The molecule has 7 heteroatoms. The molecule has 2 N–H and O–H groups in total. The van der Waals surface area contributed by atoms with E-state index in [0.717, 1.165) is 46.6 Å². The Hall–Kier alpha value is -4.29. The maximum absolute atomic E-state index is 12.5. The highest BCUT2D eigenvalue weighted by Gasteiger charge is 2.26. The minimum atomic E-state index is -0.948. The number of methoxy groups -OCH3 is 1. The number of amides is 1. The van der Waals surface area contributed by atoms with Gasteiger partial charge in [0, 0.05) is 23.0 Å². The Bertz CT molecular complexity index is 1440. The van der Waals surface area contributed by atoms with Crippen molar-refractivity contribution < 1.29 is 24.2 Å². The fourth-order valence-corrected chi connectivity index (χ4v) is 5.17. The Morgan fingerprint density at radius 2 is 1.33 bits per heavy atom. The molecule has 4 aromatic rings. The summed E-state index contributed by atoms with van der Waals surface area (Å²) < 4.78 is 11.7. The van der Waals surface area contributed by atoms with E-state index < -0.39 is 5.97 Å². The second-order valence-electron chi connectivity index (χ2n) is 10.1. The lowest BCUT2D eigenvalue weighted by Crippen LogP contribution is -2.26. The summed E-state index contributed by atoms with van der Waals surface area (Å²) in [7, 11) is 1.66. The van der Waals surface area contributed by atoms with E-state index in [1.807, 2.05) is 60.7 Å². The van der Waals surface area contributed by atoms with E-state index in [1.54, 1.807) is 19.2 Å². The number of aliphatic carboxylic acids is 1. The van der Waals surface area contributed by atoms with E-state index in [9.17, 15) is 9.59 Å².